The zero-order chi connectivity index (χ0) is 70.9. The molecule has 556 valence electrons. The number of epoxide rings is 1. The van der Waals surface area contributed by atoms with Gasteiger partial charge in [0.15, 0.2) is 0 Å². The van der Waals surface area contributed by atoms with Gasteiger partial charge in [-0.3, -0.25) is 0 Å². The Balaban J connectivity index is -0.000000342. The standard InChI is InChI=1S/2C16H36N2O4.C11H26N2O3.C7H3ClO3.C5H10O.C5H10.HO9P2.Zr/c2*1-5-6-16(19)9-18-14(3)11-22-15(4)12-21-8-7-20-10-13(2)17;1-9(12)6-14-4-5-15-8-11(3)16-7-10(2)13;8-6-3-1-2-5(4-6)7(9)11-10;1-2-3-5-4-6-5;1-3-5-4-2;1-3-6-11(8-9-11)7-4-5-10-2;/h2*13-16,18-19H,5-12,17H2,1-4H3;9-11H,4-8,12-13H2,1-3H3;1,3-4H;5H,2-4H2,1H3;3H,1,4-5H2,2H3;10H;/q;;;;;;+1;/p+4. The van der Waals surface area contributed by atoms with Gasteiger partial charge in [-0.2, -0.15) is 10.1 Å². The maximum atomic E-state index is 10.6. The molecule has 94 heavy (non-hydrogen) atoms. The van der Waals surface area contributed by atoms with Crippen LogP contribution in [-0.4, -0.2) is 218 Å². The minimum absolute atomic E-state index is 0. The summed E-state index contributed by atoms with van der Waals surface area (Å²) in [7, 11) is -4.35. The molecule has 0 radical (unpaired) electrons. The fourth-order valence-electron chi connectivity index (χ4n) is 6.24. The summed E-state index contributed by atoms with van der Waals surface area (Å²) < 4.78 is 83.7. The molecule has 34 heteroatoms. The van der Waals surface area contributed by atoms with E-state index in [0.29, 0.717) is 135 Å². The maximum Gasteiger partial charge on any atom is 0.707 e. The van der Waals surface area contributed by atoms with Crippen LogP contribution in [0.3, 0.4) is 0 Å². The van der Waals surface area contributed by atoms with Crippen molar-refractivity contribution in [1.29, 1.82) is 0 Å². The molecule has 0 aromatic heterocycles. The van der Waals surface area contributed by atoms with E-state index in [1.807, 2.05) is 61.5 Å². The monoisotopic (exact) mass is 1500 g/mol. The van der Waals surface area contributed by atoms with Crippen molar-refractivity contribution >= 4 is 34.4 Å². The summed E-state index contributed by atoms with van der Waals surface area (Å²) >= 11 is 5.54. The van der Waals surface area contributed by atoms with Gasteiger partial charge in [-0.25, -0.2) is 10.1 Å². The van der Waals surface area contributed by atoms with Crippen molar-refractivity contribution in [2.45, 2.75) is 214 Å². The quantitative estimate of drug-likeness (QED) is 0.00639. The number of hydrogen-bond donors (Lipinski definition) is 10. The van der Waals surface area contributed by atoms with Crippen LogP contribution in [-0.2, 0) is 121 Å². The molecule has 0 bridgehead atoms. The molecule has 3 aliphatic rings. The van der Waals surface area contributed by atoms with Gasteiger partial charge in [0.05, 0.1) is 178 Å². The van der Waals surface area contributed by atoms with Crippen molar-refractivity contribution in [1.82, 2.24) is 10.6 Å². The fraction of sp³-hybridized carbons (Fsp3) is 0.850. The first-order valence-corrected chi connectivity index (χ1v) is 34.7. The number of halogens is 1. The molecular formula is C60H126ClN6O24P2Zr+5. The summed E-state index contributed by atoms with van der Waals surface area (Å²) in [6, 6.07) is 1.20. The average molecular weight is 1500 g/mol. The molecule has 0 aromatic carbocycles. The van der Waals surface area contributed by atoms with E-state index in [1.54, 1.807) is 6.08 Å². The van der Waals surface area contributed by atoms with Crippen LogP contribution >= 0.6 is 28.5 Å². The van der Waals surface area contributed by atoms with E-state index in [0.717, 1.165) is 38.7 Å². The Bertz CT molecular complexity index is 1720. The average Bonchev–Trinajstić information content (AvgIpc) is 1.68. The van der Waals surface area contributed by atoms with Gasteiger partial charge < -0.3 is 91.1 Å². The van der Waals surface area contributed by atoms with Gasteiger partial charge >= 0.3 is 22.8 Å². The number of rotatable bonds is 51. The van der Waals surface area contributed by atoms with Crippen molar-refractivity contribution < 1.29 is 153 Å². The van der Waals surface area contributed by atoms with Crippen LogP contribution in [0, 0.1) is 6.08 Å². The molecule has 1 aliphatic carbocycles. The fourth-order valence-corrected chi connectivity index (χ4v) is 7.06. The van der Waals surface area contributed by atoms with Gasteiger partial charge in [0.2, 0.25) is 5.57 Å². The number of allylic oxidation sites excluding steroid dienone is 5. The molecule has 0 spiro atoms. The van der Waals surface area contributed by atoms with Crippen LogP contribution in [0.1, 0.15) is 141 Å². The van der Waals surface area contributed by atoms with Crippen LogP contribution in [0.15, 0.2) is 41.5 Å². The Morgan fingerprint density at radius 2 is 1.13 bits per heavy atom. The maximum absolute atomic E-state index is 10.6. The number of nitrogens with two attached hydrogens (primary N) is 2. The third-order valence-electron chi connectivity index (χ3n) is 11.0. The summed E-state index contributed by atoms with van der Waals surface area (Å²) in [6.07, 6.45) is 17.7. The Morgan fingerprint density at radius 3 is 1.44 bits per heavy atom. The van der Waals surface area contributed by atoms with Crippen LogP contribution in [0.4, 0.5) is 0 Å². The van der Waals surface area contributed by atoms with Gasteiger partial charge in [-0.15, -0.1) is 6.58 Å². The van der Waals surface area contributed by atoms with E-state index in [-0.39, 0.29) is 86.5 Å². The van der Waals surface area contributed by atoms with E-state index in [9.17, 15) is 19.6 Å². The molecule has 2 heterocycles. The second-order valence-electron chi connectivity index (χ2n) is 22.2. The van der Waals surface area contributed by atoms with E-state index in [4.69, 9.17) is 81.0 Å². The zero-order valence-corrected chi connectivity index (χ0v) is 63.8. The van der Waals surface area contributed by atoms with E-state index < -0.39 is 22.8 Å². The molecule has 3 rings (SSSR count). The summed E-state index contributed by atoms with van der Waals surface area (Å²) in [5.74, 6) is -0.868. The molecule has 30 nitrogen and oxygen atoms in total. The molecule has 13 unspecified atom stereocenters. The van der Waals surface area contributed by atoms with Crippen molar-refractivity contribution in [3.63, 3.8) is 0 Å². The number of quaternary nitrogens is 2. The van der Waals surface area contributed by atoms with E-state index >= 15 is 0 Å². The van der Waals surface area contributed by atoms with Gasteiger partial charge in [0.25, 0.3) is 0 Å². The molecular weight excluding hydrogens is 1380 g/mol. The number of aliphatic hydroxyl groups excluding tert-OH is 2. The van der Waals surface area contributed by atoms with Crippen LogP contribution in [0.25, 0.3) is 0 Å². The largest absolute Gasteiger partial charge is 0.707 e. The molecule has 2 fully saturated rings. The number of aliphatic hydroxyl groups is 2. The van der Waals surface area contributed by atoms with Gasteiger partial charge in [-0.1, -0.05) is 71.1 Å². The van der Waals surface area contributed by atoms with Crippen LogP contribution < -0.4 is 33.6 Å². The number of carbonyl (C=O) groups is 1. The number of unbranched alkanes of at least 4 members (excludes halogenated alkanes) is 1. The van der Waals surface area contributed by atoms with E-state index in [1.165, 1.54) is 31.4 Å². The summed E-state index contributed by atoms with van der Waals surface area (Å²) in [4.78, 5) is 14.1. The number of hydrogen-bond acceptors (Lipinski definition) is 28. The van der Waals surface area contributed by atoms with Crippen molar-refractivity contribution in [2.24, 2.45) is 11.5 Å². The van der Waals surface area contributed by atoms with Gasteiger partial charge in [0.1, 0.15) is 17.1 Å². The van der Waals surface area contributed by atoms with Crippen molar-refractivity contribution in [3.05, 3.63) is 47.6 Å². The Kier molecular flexibility index (Phi) is 79.1. The Labute approximate surface area is 587 Å². The third-order valence-corrected chi connectivity index (χ3v) is 12.3. The molecule has 13 atom stereocenters. The second kappa shape index (κ2) is 73.2. The number of nitrogens with one attached hydrogen (secondary N) is 2. The number of ether oxygens (including phenoxy) is 10. The minimum atomic E-state index is -3.18. The zero-order valence-electron chi connectivity index (χ0n) is 58.7. The Hall–Kier alpha value is -1.04. The SMILES string of the molecule is C=CCCC.CC(N)COC(C)COCCOCC(C)[NH3+].CCCC(O)CNC(C)COC(C)COCCOCC(C)N.CCCC(O)CNC(C)COC(C)COCCOCC(C)[NH3+].CCCC1CO1.O=C(OO)C1=[C+]C=CC(Cl)=C1.O=[PH+]OOO[P+]1(OOO)OO1.[Zr]. The minimum Gasteiger partial charge on any atom is -0.392 e. The molecule has 2 aliphatic heterocycles. The van der Waals surface area contributed by atoms with E-state index in [2.05, 4.69) is 108 Å². The summed E-state index contributed by atoms with van der Waals surface area (Å²) in [6.45, 7) is 41.1. The smallest absolute Gasteiger partial charge is 0.392 e. The first kappa shape index (κ1) is 102. The van der Waals surface area contributed by atoms with Gasteiger partial charge in [-0.05, 0) is 97.6 Å². The molecule has 0 amide bonds. The molecule has 0 saturated carbocycles. The summed E-state index contributed by atoms with van der Waals surface area (Å²) in [5.41, 5.74) is 18.9. The predicted octanol–water partition coefficient (Wildman–Crippen LogP) is 5.95. The number of carbonyl (C=O) groups excluding carboxylic acids is 1. The molecule has 2 saturated heterocycles. The third kappa shape index (κ3) is 79.9. The summed E-state index contributed by atoms with van der Waals surface area (Å²) in [5, 5.41) is 48.8. The first-order valence-electron chi connectivity index (χ1n) is 32.1. The molecule has 0 aromatic rings. The van der Waals surface area contributed by atoms with Crippen molar-refractivity contribution in [3.8, 4) is 0 Å². The topological polar surface area (TPSA) is 422 Å². The second-order valence-corrected chi connectivity index (χ2v) is 24.5. The van der Waals surface area contributed by atoms with Crippen LogP contribution in [0.5, 0.6) is 0 Å². The normalized spacial score (nSPS) is 17.4. The van der Waals surface area contributed by atoms with Crippen molar-refractivity contribution in [2.75, 3.05) is 119 Å². The van der Waals surface area contributed by atoms with Gasteiger partial charge in [0, 0.05) is 80.7 Å². The molecule has 16 N–H and O–H groups in total. The van der Waals surface area contributed by atoms with Crippen LogP contribution in [0.2, 0.25) is 0 Å². The predicted molar refractivity (Wildman–Crippen MR) is 354 cm³/mol. The Morgan fingerprint density at radius 1 is 0.702 bits per heavy atom. The first-order chi connectivity index (χ1) is 44.3.